The molecule has 3 heterocycles. The van der Waals surface area contributed by atoms with Crippen molar-refractivity contribution in [3.63, 3.8) is 0 Å². The van der Waals surface area contributed by atoms with Crippen molar-refractivity contribution in [2.45, 2.75) is 13.3 Å². The van der Waals surface area contributed by atoms with Gasteiger partial charge in [-0.15, -0.1) is 22.7 Å². The van der Waals surface area contributed by atoms with Crippen molar-refractivity contribution in [2.75, 3.05) is 17.7 Å². The Balaban J connectivity index is 1.37. The number of ether oxygens (including phenoxy) is 1. The maximum atomic E-state index is 12.4. The zero-order valence-corrected chi connectivity index (χ0v) is 18.3. The fraction of sp³-hybridized carbons (Fsp3) is 0.143. The van der Waals surface area contributed by atoms with E-state index in [0.29, 0.717) is 16.0 Å². The lowest BCUT2D eigenvalue weighted by atomic mass is 10.1. The summed E-state index contributed by atoms with van der Waals surface area (Å²) in [5.41, 5.74) is 2.33. The number of methoxy groups -OCH3 is 1. The van der Waals surface area contributed by atoms with Gasteiger partial charge in [-0.25, -0.2) is 9.97 Å². The van der Waals surface area contributed by atoms with Gasteiger partial charge >= 0.3 is 0 Å². The van der Waals surface area contributed by atoms with Crippen molar-refractivity contribution in [3.05, 3.63) is 64.4 Å². The number of rotatable bonds is 7. The number of hydrogen-bond donors (Lipinski definition) is 2. The number of anilines is 2. The smallest absolute Gasteiger partial charge is 0.293 e. The van der Waals surface area contributed by atoms with Gasteiger partial charge in [-0.05, 0) is 43.3 Å². The first-order valence-electron chi connectivity index (χ1n) is 9.23. The van der Waals surface area contributed by atoms with Gasteiger partial charge in [-0.2, -0.15) is 0 Å². The van der Waals surface area contributed by atoms with Crippen LogP contribution in [0.3, 0.4) is 0 Å². The van der Waals surface area contributed by atoms with Gasteiger partial charge in [-0.3, -0.25) is 14.9 Å². The summed E-state index contributed by atoms with van der Waals surface area (Å²) < 4.78 is 10.2. The van der Waals surface area contributed by atoms with E-state index >= 15 is 0 Å². The molecule has 158 valence electrons. The Labute approximate surface area is 185 Å². The first-order chi connectivity index (χ1) is 15.0. The molecular weight excluding hydrogens is 436 g/mol. The monoisotopic (exact) mass is 454 g/mol. The molecule has 1 aromatic carbocycles. The molecule has 0 unspecified atom stereocenters. The number of thiazole rings is 2. The Morgan fingerprint density at radius 3 is 2.61 bits per heavy atom. The van der Waals surface area contributed by atoms with Crippen LogP contribution in [0.2, 0.25) is 0 Å². The van der Waals surface area contributed by atoms with E-state index in [-0.39, 0.29) is 24.0 Å². The summed E-state index contributed by atoms with van der Waals surface area (Å²) in [6.45, 7) is 1.96. The van der Waals surface area contributed by atoms with Crippen LogP contribution in [-0.4, -0.2) is 28.9 Å². The predicted molar refractivity (Wildman–Crippen MR) is 120 cm³/mol. The molecule has 8 nitrogen and oxygen atoms in total. The Morgan fingerprint density at radius 1 is 1.10 bits per heavy atom. The van der Waals surface area contributed by atoms with Gasteiger partial charge in [-0.1, -0.05) is 0 Å². The van der Waals surface area contributed by atoms with E-state index in [1.54, 1.807) is 24.6 Å². The van der Waals surface area contributed by atoms with Gasteiger partial charge in [0.05, 0.1) is 31.2 Å². The summed E-state index contributed by atoms with van der Waals surface area (Å²) in [5.74, 6) is 0.346. The molecule has 0 aliphatic rings. The highest BCUT2D eigenvalue weighted by Gasteiger charge is 2.15. The van der Waals surface area contributed by atoms with Crippen molar-refractivity contribution in [1.29, 1.82) is 0 Å². The van der Waals surface area contributed by atoms with Gasteiger partial charge in [0.25, 0.3) is 5.91 Å². The zero-order chi connectivity index (χ0) is 21.8. The zero-order valence-electron chi connectivity index (χ0n) is 16.7. The number of benzene rings is 1. The second kappa shape index (κ2) is 9.11. The lowest BCUT2D eigenvalue weighted by Gasteiger charge is -2.02. The van der Waals surface area contributed by atoms with Gasteiger partial charge in [0, 0.05) is 15.8 Å². The number of furan rings is 1. The van der Waals surface area contributed by atoms with Crippen LogP contribution in [0.25, 0.3) is 11.3 Å². The second-order valence-electron chi connectivity index (χ2n) is 6.45. The Morgan fingerprint density at radius 2 is 1.90 bits per heavy atom. The average Bonchev–Trinajstić information content (AvgIpc) is 3.50. The predicted octanol–water partition coefficient (Wildman–Crippen LogP) is 4.61. The molecule has 2 N–H and O–H groups in total. The van der Waals surface area contributed by atoms with Gasteiger partial charge in [0.15, 0.2) is 16.0 Å². The number of nitrogens with one attached hydrogen (secondary N) is 2. The number of aryl methyl sites for hydroxylation is 1. The van der Waals surface area contributed by atoms with Crippen LogP contribution in [0, 0.1) is 6.92 Å². The molecule has 10 heteroatoms. The summed E-state index contributed by atoms with van der Waals surface area (Å²) in [4.78, 5) is 34.3. The highest BCUT2D eigenvalue weighted by atomic mass is 32.1. The molecule has 2 amide bonds. The minimum absolute atomic E-state index is 0.0730. The minimum atomic E-state index is -0.389. The first-order valence-corrected chi connectivity index (χ1v) is 10.9. The third-order valence-electron chi connectivity index (χ3n) is 4.27. The molecule has 0 atom stereocenters. The molecule has 0 spiro atoms. The fourth-order valence-corrected chi connectivity index (χ4v) is 4.36. The molecule has 0 radical (unpaired) electrons. The largest absolute Gasteiger partial charge is 0.497 e. The van der Waals surface area contributed by atoms with Gasteiger partial charge in [0.1, 0.15) is 5.75 Å². The molecule has 0 aliphatic carbocycles. The lowest BCUT2D eigenvalue weighted by molar-refractivity contribution is -0.115. The molecule has 4 aromatic rings. The maximum Gasteiger partial charge on any atom is 0.293 e. The third-order valence-corrected chi connectivity index (χ3v) is 5.96. The van der Waals surface area contributed by atoms with E-state index < -0.39 is 0 Å². The standard InChI is InChI=1S/C21H18N4O4S2/c1-12-18(13-5-7-15(28-2)8-6-13)24-21(31-12)23-17(26)10-14-11-30-20(22-14)25-19(27)16-4-3-9-29-16/h3-9,11H,10H2,1-2H3,(H,22,25,27)(H,23,24,26). The molecule has 0 aliphatic heterocycles. The number of amides is 2. The molecule has 0 bridgehead atoms. The summed E-state index contributed by atoms with van der Waals surface area (Å²) >= 11 is 2.65. The Kier molecular flexibility index (Phi) is 6.10. The summed E-state index contributed by atoms with van der Waals surface area (Å²) in [6, 6.07) is 10.8. The van der Waals surface area contributed by atoms with E-state index in [1.807, 2.05) is 31.2 Å². The lowest BCUT2D eigenvalue weighted by Crippen LogP contribution is -2.15. The maximum absolute atomic E-state index is 12.4. The molecule has 4 rings (SSSR count). The van der Waals surface area contributed by atoms with E-state index in [9.17, 15) is 9.59 Å². The normalized spacial score (nSPS) is 10.6. The van der Waals surface area contributed by atoms with E-state index in [2.05, 4.69) is 20.6 Å². The molecule has 31 heavy (non-hydrogen) atoms. The van der Waals surface area contributed by atoms with Crippen molar-refractivity contribution >= 4 is 44.8 Å². The number of hydrogen-bond acceptors (Lipinski definition) is 8. The van der Waals surface area contributed by atoms with Gasteiger partial charge in [0.2, 0.25) is 5.91 Å². The van der Waals surface area contributed by atoms with Crippen molar-refractivity contribution < 1.29 is 18.7 Å². The van der Waals surface area contributed by atoms with Crippen LogP contribution in [-0.2, 0) is 11.2 Å². The molecule has 3 aromatic heterocycles. The average molecular weight is 455 g/mol. The van der Waals surface area contributed by atoms with Crippen LogP contribution >= 0.6 is 22.7 Å². The number of carbonyl (C=O) groups excluding carboxylic acids is 2. The second-order valence-corrected chi connectivity index (χ2v) is 8.51. The molecule has 0 saturated heterocycles. The minimum Gasteiger partial charge on any atom is -0.497 e. The van der Waals surface area contributed by atoms with Crippen LogP contribution in [0.5, 0.6) is 5.75 Å². The van der Waals surface area contributed by atoms with E-state index in [1.165, 1.54) is 28.9 Å². The third kappa shape index (κ3) is 4.98. The summed E-state index contributed by atoms with van der Waals surface area (Å²) in [6.07, 6.45) is 1.50. The fourth-order valence-electron chi connectivity index (χ4n) is 2.81. The Bertz CT molecular complexity index is 1200. The van der Waals surface area contributed by atoms with Crippen LogP contribution in [0.1, 0.15) is 21.1 Å². The number of aromatic nitrogens is 2. The Hall–Kier alpha value is -3.50. The SMILES string of the molecule is COc1ccc(-c2nc(NC(=O)Cc3csc(NC(=O)c4ccco4)n3)sc2C)cc1. The quantitative estimate of drug-likeness (QED) is 0.422. The van der Waals surface area contributed by atoms with E-state index in [0.717, 1.165) is 21.9 Å². The highest BCUT2D eigenvalue weighted by molar-refractivity contribution is 7.16. The first kappa shape index (κ1) is 20.8. The summed E-state index contributed by atoms with van der Waals surface area (Å²) in [7, 11) is 1.62. The topological polar surface area (TPSA) is 106 Å². The van der Waals surface area contributed by atoms with Crippen molar-refractivity contribution in [2.24, 2.45) is 0 Å². The highest BCUT2D eigenvalue weighted by Crippen LogP contribution is 2.31. The van der Waals surface area contributed by atoms with E-state index in [4.69, 9.17) is 9.15 Å². The van der Waals surface area contributed by atoms with Gasteiger partial charge < -0.3 is 14.5 Å². The number of carbonyl (C=O) groups is 2. The number of nitrogens with zero attached hydrogens (tertiary/aromatic N) is 2. The van der Waals surface area contributed by atoms with Crippen molar-refractivity contribution in [1.82, 2.24) is 9.97 Å². The van der Waals surface area contributed by atoms with Crippen molar-refractivity contribution in [3.8, 4) is 17.0 Å². The molecule has 0 fully saturated rings. The molecular formula is C21H18N4O4S2. The van der Waals surface area contributed by atoms with Crippen LogP contribution in [0.4, 0.5) is 10.3 Å². The molecule has 0 saturated carbocycles. The van der Waals surface area contributed by atoms with Crippen LogP contribution in [0.15, 0.2) is 52.5 Å². The summed E-state index contributed by atoms with van der Waals surface area (Å²) in [5, 5.41) is 8.12. The van der Waals surface area contributed by atoms with Crippen LogP contribution < -0.4 is 15.4 Å².